The number of benzene rings is 2. The molecule has 0 radical (unpaired) electrons. The molecule has 0 aromatic heterocycles. The zero-order valence-electron chi connectivity index (χ0n) is 11.2. The van der Waals surface area contributed by atoms with Gasteiger partial charge in [-0.1, -0.05) is 48.0 Å². The van der Waals surface area contributed by atoms with Gasteiger partial charge in [0.05, 0.1) is 6.61 Å². The van der Waals surface area contributed by atoms with E-state index in [-0.39, 0.29) is 0 Å². The number of anilines is 1. The molecule has 0 aliphatic rings. The normalized spacial score (nSPS) is 10.1. The van der Waals surface area contributed by atoms with Crippen LogP contribution in [0.25, 0.3) is 0 Å². The summed E-state index contributed by atoms with van der Waals surface area (Å²) in [6, 6.07) is 15.2. The number of ether oxygens (including phenoxy) is 1. The molecule has 104 valence electrons. The molecule has 0 atom stereocenters. The summed E-state index contributed by atoms with van der Waals surface area (Å²) in [6.45, 7) is 2.25. The van der Waals surface area contributed by atoms with Gasteiger partial charge in [-0.2, -0.15) is 0 Å². The van der Waals surface area contributed by atoms with E-state index in [0.29, 0.717) is 23.7 Å². The summed E-state index contributed by atoms with van der Waals surface area (Å²) in [6.07, 6.45) is 0.226. The Morgan fingerprint density at radius 1 is 1.20 bits per heavy atom. The number of amides is 1. The lowest BCUT2D eigenvalue weighted by molar-refractivity contribution is 0.163. The highest BCUT2D eigenvalue weighted by Crippen LogP contribution is 2.19. The lowest BCUT2D eigenvalue weighted by atomic mass is 10.2. The summed E-state index contributed by atoms with van der Waals surface area (Å²) in [5.74, 6) is 0. The van der Waals surface area contributed by atoms with Gasteiger partial charge in [-0.25, -0.2) is 4.79 Å². The van der Waals surface area contributed by atoms with Crippen molar-refractivity contribution in [2.45, 2.75) is 13.3 Å². The molecule has 20 heavy (non-hydrogen) atoms. The molecule has 0 fully saturated rings. The van der Waals surface area contributed by atoms with Gasteiger partial charge in [-0.3, -0.25) is 5.32 Å². The Morgan fingerprint density at radius 2 is 1.95 bits per heavy atom. The summed E-state index contributed by atoms with van der Waals surface area (Å²) in [4.78, 5) is 11.6. The monoisotopic (exact) mass is 289 g/mol. The van der Waals surface area contributed by atoms with Gasteiger partial charge in [-0.05, 0) is 30.2 Å². The molecule has 0 bridgehead atoms. The topological polar surface area (TPSA) is 38.3 Å². The summed E-state index contributed by atoms with van der Waals surface area (Å²) in [5, 5.41) is 3.27. The molecule has 2 aromatic rings. The van der Waals surface area contributed by atoms with Crippen LogP contribution in [-0.2, 0) is 11.2 Å². The van der Waals surface area contributed by atoms with Crippen LogP contribution in [0.2, 0.25) is 5.02 Å². The quantitative estimate of drug-likeness (QED) is 0.903. The number of carbonyl (C=O) groups is 1. The van der Waals surface area contributed by atoms with E-state index >= 15 is 0 Å². The van der Waals surface area contributed by atoms with Gasteiger partial charge >= 0.3 is 6.09 Å². The van der Waals surface area contributed by atoms with E-state index in [2.05, 4.69) is 5.32 Å². The maximum atomic E-state index is 11.6. The van der Waals surface area contributed by atoms with E-state index in [1.54, 1.807) is 12.1 Å². The second kappa shape index (κ2) is 6.96. The van der Waals surface area contributed by atoms with Crippen LogP contribution in [0.5, 0.6) is 0 Å². The Labute approximate surface area is 123 Å². The molecule has 2 rings (SSSR count). The number of carbonyl (C=O) groups excluding carboxylic acids is 1. The van der Waals surface area contributed by atoms with Crippen molar-refractivity contribution in [3.63, 3.8) is 0 Å². The summed E-state index contributed by atoms with van der Waals surface area (Å²) >= 11 is 5.99. The van der Waals surface area contributed by atoms with Crippen LogP contribution in [-0.4, -0.2) is 12.7 Å². The lowest BCUT2D eigenvalue weighted by Gasteiger charge is -2.08. The third-order valence-electron chi connectivity index (χ3n) is 2.88. The molecule has 0 aliphatic heterocycles. The smallest absolute Gasteiger partial charge is 0.411 e. The van der Waals surface area contributed by atoms with Crippen molar-refractivity contribution >= 4 is 23.4 Å². The molecule has 0 aliphatic carbocycles. The summed E-state index contributed by atoms with van der Waals surface area (Å²) in [5.41, 5.74) is 2.73. The van der Waals surface area contributed by atoms with Crippen LogP contribution >= 0.6 is 11.6 Å². The molecule has 1 amide bonds. The predicted octanol–water partition coefficient (Wildman–Crippen LogP) is 4.44. The van der Waals surface area contributed by atoms with Crippen molar-refractivity contribution in [2.75, 3.05) is 11.9 Å². The van der Waals surface area contributed by atoms with Gasteiger partial charge < -0.3 is 4.74 Å². The third kappa shape index (κ3) is 4.28. The largest absolute Gasteiger partial charge is 0.449 e. The molecule has 3 nitrogen and oxygen atoms in total. The van der Waals surface area contributed by atoms with Gasteiger partial charge in [0.15, 0.2) is 0 Å². The van der Waals surface area contributed by atoms with E-state index in [0.717, 1.165) is 11.1 Å². The molecule has 0 heterocycles. The minimum atomic E-state index is -0.471. The number of rotatable bonds is 4. The number of hydrogen-bond donors (Lipinski definition) is 1. The Morgan fingerprint density at radius 3 is 2.65 bits per heavy atom. The molecule has 0 saturated heterocycles. The standard InChI is InChI=1S/C16H16ClNO2/c1-12-7-8-14(11-15(12)17)18-16(19)20-10-9-13-5-3-2-4-6-13/h2-8,11H,9-10H2,1H3,(H,18,19). The maximum Gasteiger partial charge on any atom is 0.411 e. The highest BCUT2D eigenvalue weighted by atomic mass is 35.5. The average molecular weight is 290 g/mol. The van der Waals surface area contributed by atoms with E-state index in [4.69, 9.17) is 16.3 Å². The first kappa shape index (κ1) is 14.4. The maximum absolute atomic E-state index is 11.6. The Bertz CT molecular complexity index is 584. The van der Waals surface area contributed by atoms with Crippen molar-refractivity contribution < 1.29 is 9.53 Å². The van der Waals surface area contributed by atoms with Crippen LogP contribution in [0.1, 0.15) is 11.1 Å². The predicted molar refractivity (Wildman–Crippen MR) is 81.3 cm³/mol. The van der Waals surface area contributed by atoms with Gasteiger partial charge in [-0.15, -0.1) is 0 Å². The second-order valence-corrected chi connectivity index (χ2v) is 4.87. The lowest BCUT2D eigenvalue weighted by Crippen LogP contribution is -2.15. The minimum Gasteiger partial charge on any atom is -0.449 e. The van der Waals surface area contributed by atoms with E-state index < -0.39 is 6.09 Å². The van der Waals surface area contributed by atoms with E-state index in [9.17, 15) is 4.79 Å². The van der Waals surface area contributed by atoms with Gasteiger partial charge in [0.2, 0.25) is 0 Å². The fourth-order valence-corrected chi connectivity index (χ4v) is 1.91. The first-order valence-corrected chi connectivity index (χ1v) is 6.77. The van der Waals surface area contributed by atoms with Crippen LogP contribution < -0.4 is 5.32 Å². The zero-order valence-corrected chi connectivity index (χ0v) is 12.0. The van der Waals surface area contributed by atoms with Gasteiger partial charge in [0.25, 0.3) is 0 Å². The number of hydrogen-bond acceptors (Lipinski definition) is 2. The van der Waals surface area contributed by atoms with Crippen molar-refractivity contribution in [3.05, 3.63) is 64.7 Å². The van der Waals surface area contributed by atoms with Crippen molar-refractivity contribution in [1.29, 1.82) is 0 Å². The van der Waals surface area contributed by atoms with Crippen LogP contribution in [0.4, 0.5) is 10.5 Å². The molecular formula is C16H16ClNO2. The number of halogens is 1. The minimum absolute atomic E-state index is 0.343. The third-order valence-corrected chi connectivity index (χ3v) is 3.29. The number of aryl methyl sites for hydroxylation is 1. The Balaban J connectivity index is 1.79. The fourth-order valence-electron chi connectivity index (χ4n) is 1.73. The SMILES string of the molecule is Cc1ccc(NC(=O)OCCc2ccccc2)cc1Cl. The zero-order chi connectivity index (χ0) is 14.4. The van der Waals surface area contributed by atoms with Crippen LogP contribution in [0.15, 0.2) is 48.5 Å². The highest BCUT2D eigenvalue weighted by molar-refractivity contribution is 6.31. The molecule has 0 unspecified atom stereocenters. The first-order chi connectivity index (χ1) is 9.65. The van der Waals surface area contributed by atoms with Crippen LogP contribution in [0, 0.1) is 6.92 Å². The Hall–Kier alpha value is -2.00. The molecular weight excluding hydrogens is 274 g/mol. The fraction of sp³-hybridized carbons (Fsp3) is 0.188. The van der Waals surface area contributed by atoms with Crippen molar-refractivity contribution in [1.82, 2.24) is 0 Å². The highest BCUT2D eigenvalue weighted by Gasteiger charge is 2.04. The molecule has 0 saturated carbocycles. The van der Waals surface area contributed by atoms with Crippen molar-refractivity contribution in [3.8, 4) is 0 Å². The van der Waals surface area contributed by atoms with Crippen LogP contribution in [0.3, 0.4) is 0 Å². The number of nitrogens with one attached hydrogen (secondary N) is 1. The van der Waals surface area contributed by atoms with E-state index in [1.165, 1.54) is 0 Å². The van der Waals surface area contributed by atoms with E-state index in [1.807, 2.05) is 43.3 Å². The average Bonchev–Trinajstić information content (AvgIpc) is 2.44. The second-order valence-electron chi connectivity index (χ2n) is 4.46. The van der Waals surface area contributed by atoms with Gasteiger partial charge in [0.1, 0.15) is 0 Å². The first-order valence-electron chi connectivity index (χ1n) is 6.39. The summed E-state index contributed by atoms with van der Waals surface area (Å²) < 4.78 is 5.13. The molecule has 2 aromatic carbocycles. The molecule has 1 N–H and O–H groups in total. The van der Waals surface area contributed by atoms with Gasteiger partial charge in [0, 0.05) is 17.1 Å². The molecule has 4 heteroatoms. The Kier molecular flexibility index (Phi) is 5.02. The van der Waals surface area contributed by atoms with Crippen molar-refractivity contribution in [2.24, 2.45) is 0 Å². The summed E-state index contributed by atoms with van der Waals surface area (Å²) in [7, 11) is 0. The molecule has 0 spiro atoms.